The van der Waals surface area contributed by atoms with Gasteiger partial charge in [0, 0.05) is 31.9 Å². The van der Waals surface area contributed by atoms with Crippen molar-refractivity contribution in [2.45, 2.75) is 13.0 Å². The zero-order valence-electron chi connectivity index (χ0n) is 20.2. The van der Waals surface area contributed by atoms with Crippen LogP contribution in [0.1, 0.15) is 22.0 Å². The average molecular weight is 502 g/mol. The number of piperazine rings is 1. The Hall–Kier alpha value is -3.82. The van der Waals surface area contributed by atoms with Gasteiger partial charge in [-0.2, -0.15) is 9.50 Å². The Balaban J connectivity index is 1.31. The number of aryl methyl sites for hydroxylation is 1. The van der Waals surface area contributed by atoms with E-state index in [4.69, 9.17) is 9.15 Å². The van der Waals surface area contributed by atoms with Crippen molar-refractivity contribution >= 4 is 22.0 Å². The first-order valence-corrected chi connectivity index (χ1v) is 12.7. The van der Waals surface area contributed by atoms with Gasteiger partial charge in [0.05, 0.1) is 24.3 Å². The van der Waals surface area contributed by atoms with Crippen LogP contribution in [0.4, 0.5) is 5.69 Å². The summed E-state index contributed by atoms with van der Waals surface area (Å²) in [4.78, 5) is 10.9. The lowest BCUT2D eigenvalue weighted by Crippen LogP contribution is -2.47. The number of aromatic nitrogens is 3. The number of aromatic hydroxyl groups is 1. The lowest BCUT2D eigenvalue weighted by Gasteiger charge is -2.40. The Bertz CT molecular complexity index is 1450. The Morgan fingerprint density at radius 3 is 2.39 bits per heavy atom. The number of hydrogen-bond acceptors (Lipinski definition) is 8. The third-order valence-corrected chi connectivity index (χ3v) is 7.77. The SMILES string of the molecule is COc1ccc(N2CCN([C@@H](c3ccc(C)cc3)c3sc4nc(-c5ccco5)nn4c3O)CC2)cc1. The molecule has 2 aromatic carbocycles. The first-order valence-electron chi connectivity index (χ1n) is 11.9. The zero-order chi connectivity index (χ0) is 24.6. The summed E-state index contributed by atoms with van der Waals surface area (Å²) < 4.78 is 12.3. The van der Waals surface area contributed by atoms with E-state index in [-0.39, 0.29) is 11.9 Å². The fourth-order valence-corrected chi connectivity index (χ4v) is 5.86. The molecule has 0 amide bonds. The van der Waals surface area contributed by atoms with Gasteiger partial charge in [-0.05, 0) is 48.9 Å². The molecule has 1 atom stereocenters. The number of benzene rings is 2. The minimum Gasteiger partial charge on any atom is -0.497 e. The van der Waals surface area contributed by atoms with Crippen LogP contribution >= 0.6 is 11.3 Å². The number of methoxy groups -OCH3 is 1. The molecule has 0 bridgehead atoms. The molecule has 0 unspecified atom stereocenters. The summed E-state index contributed by atoms with van der Waals surface area (Å²) >= 11 is 1.47. The fraction of sp³-hybridized carbons (Fsp3) is 0.259. The summed E-state index contributed by atoms with van der Waals surface area (Å²) in [7, 11) is 1.68. The van der Waals surface area contributed by atoms with Crippen LogP contribution in [-0.4, -0.2) is 57.9 Å². The van der Waals surface area contributed by atoms with Crippen LogP contribution in [-0.2, 0) is 0 Å². The molecule has 9 heteroatoms. The maximum absolute atomic E-state index is 11.3. The first-order chi connectivity index (χ1) is 17.6. The van der Waals surface area contributed by atoms with Gasteiger partial charge in [0.1, 0.15) is 5.75 Å². The zero-order valence-corrected chi connectivity index (χ0v) is 21.0. The molecule has 8 nitrogen and oxygen atoms in total. The molecule has 36 heavy (non-hydrogen) atoms. The highest BCUT2D eigenvalue weighted by Gasteiger charge is 2.32. The van der Waals surface area contributed by atoms with Gasteiger partial charge in [-0.25, -0.2) is 0 Å². The van der Waals surface area contributed by atoms with E-state index in [1.165, 1.54) is 27.1 Å². The van der Waals surface area contributed by atoms with Gasteiger partial charge in [0.25, 0.3) is 0 Å². The van der Waals surface area contributed by atoms with Crippen LogP contribution in [0.25, 0.3) is 16.5 Å². The smallest absolute Gasteiger partial charge is 0.230 e. The molecule has 1 saturated heterocycles. The molecule has 0 spiro atoms. The quantitative estimate of drug-likeness (QED) is 0.351. The number of rotatable bonds is 6. The molecule has 3 aromatic heterocycles. The van der Waals surface area contributed by atoms with Crippen molar-refractivity contribution < 1.29 is 14.3 Å². The normalized spacial score (nSPS) is 15.4. The van der Waals surface area contributed by atoms with Crippen molar-refractivity contribution in [3.05, 3.63) is 82.9 Å². The summed E-state index contributed by atoms with van der Waals surface area (Å²) in [6.07, 6.45) is 1.59. The van der Waals surface area contributed by atoms with Crippen molar-refractivity contribution in [3.63, 3.8) is 0 Å². The van der Waals surface area contributed by atoms with Crippen molar-refractivity contribution in [2.24, 2.45) is 0 Å². The summed E-state index contributed by atoms with van der Waals surface area (Å²) in [6, 6.07) is 20.3. The Morgan fingerprint density at radius 2 is 1.75 bits per heavy atom. The molecule has 1 aliphatic heterocycles. The summed E-state index contributed by atoms with van der Waals surface area (Å²) in [5, 5.41) is 15.8. The second kappa shape index (κ2) is 9.33. The molecule has 0 saturated carbocycles. The first kappa shape index (κ1) is 22.6. The number of ether oxygens (including phenoxy) is 1. The van der Waals surface area contributed by atoms with Gasteiger partial charge in [0.15, 0.2) is 5.76 Å². The lowest BCUT2D eigenvalue weighted by atomic mass is 10.0. The van der Waals surface area contributed by atoms with Gasteiger partial charge >= 0.3 is 0 Å². The number of nitrogens with zero attached hydrogens (tertiary/aromatic N) is 5. The maximum atomic E-state index is 11.3. The molecule has 4 heterocycles. The van der Waals surface area contributed by atoms with Crippen LogP contribution in [0.5, 0.6) is 11.6 Å². The predicted molar refractivity (Wildman–Crippen MR) is 140 cm³/mol. The average Bonchev–Trinajstić information content (AvgIpc) is 3.65. The van der Waals surface area contributed by atoms with Gasteiger partial charge < -0.3 is 19.2 Å². The molecule has 1 N–H and O–H groups in total. The van der Waals surface area contributed by atoms with E-state index in [2.05, 4.69) is 63.2 Å². The summed E-state index contributed by atoms with van der Waals surface area (Å²) in [6.45, 7) is 5.57. The molecule has 5 aromatic rings. The molecule has 1 aliphatic rings. The van der Waals surface area contributed by atoms with Crippen LogP contribution in [0.3, 0.4) is 0 Å². The van der Waals surface area contributed by atoms with Crippen molar-refractivity contribution in [2.75, 3.05) is 38.2 Å². The molecular formula is C27H27N5O3S. The van der Waals surface area contributed by atoms with E-state index in [1.54, 1.807) is 19.4 Å². The topological polar surface area (TPSA) is 79.3 Å². The molecule has 0 aliphatic carbocycles. The van der Waals surface area contributed by atoms with E-state index < -0.39 is 0 Å². The van der Waals surface area contributed by atoms with Crippen molar-refractivity contribution in [1.29, 1.82) is 0 Å². The highest BCUT2D eigenvalue weighted by atomic mass is 32.1. The van der Waals surface area contributed by atoms with Gasteiger partial charge in [0.2, 0.25) is 16.7 Å². The van der Waals surface area contributed by atoms with Gasteiger partial charge in [-0.15, -0.1) is 5.10 Å². The highest BCUT2D eigenvalue weighted by molar-refractivity contribution is 7.17. The highest BCUT2D eigenvalue weighted by Crippen LogP contribution is 2.41. The third-order valence-electron chi connectivity index (χ3n) is 6.70. The van der Waals surface area contributed by atoms with E-state index in [1.807, 2.05) is 18.2 Å². The van der Waals surface area contributed by atoms with Gasteiger partial charge in [-0.1, -0.05) is 41.2 Å². The van der Waals surface area contributed by atoms with Gasteiger partial charge in [-0.3, -0.25) is 4.90 Å². The third kappa shape index (κ3) is 4.10. The van der Waals surface area contributed by atoms with Crippen molar-refractivity contribution in [3.8, 4) is 23.2 Å². The number of thiazole rings is 1. The Morgan fingerprint density at radius 1 is 1.00 bits per heavy atom. The maximum Gasteiger partial charge on any atom is 0.230 e. The van der Waals surface area contributed by atoms with E-state index in [9.17, 15) is 5.11 Å². The van der Waals surface area contributed by atoms with Crippen LogP contribution in [0.15, 0.2) is 71.3 Å². The molecule has 184 valence electrons. The number of hydrogen-bond donors (Lipinski definition) is 1. The molecule has 0 radical (unpaired) electrons. The minimum absolute atomic E-state index is 0.0934. The second-order valence-electron chi connectivity index (χ2n) is 8.93. The van der Waals surface area contributed by atoms with Crippen LogP contribution in [0.2, 0.25) is 0 Å². The van der Waals surface area contributed by atoms with Crippen molar-refractivity contribution in [1.82, 2.24) is 19.5 Å². The standard InChI is InChI=1S/C27H27N5O3S/c1-18-5-7-19(8-6-18)23(31-15-13-30(14-16-31)20-9-11-21(34-2)12-10-20)24-26(33)32-27(36-24)28-25(29-32)22-4-3-17-35-22/h3-12,17,23,33H,13-16H2,1-2H3/t23-/m0/s1. The summed E-state index contributed by atoms with van der Waals surface area (Å²) in [5.41, 5.74) is 3.54. The molecule has 6 rings (SSSR count). The number of fused-ring (bicyclic) bond motifs is 1. The molecular weight excluding hydrogens is 474 g/mol. The number of anilines is 1. The Kier molecular flexibility index (Phi) is 5.86. The predicted octanol–water partition coefficient (Wildman–Crippen LogP) is 4.99. The fourth-order valence-electron chi connectivity index (χ4n) is 4.75. The lowest BCUT2D eigenvalue weighted by molar-refractivity contribution is 0.211. The van der Waals surface area contributed by atoms with Crippen LogP contribution in [0, 0.1) is 6.92 Å². The van der Waals surface area contributed by atoms with E-state index in [0.29, 0.717) is 16.5 Å². The van der Waals surface area contributed by atoms with Crippen LogP contribution < -0.4 is 9.64 Å². The number of furan rings is 1. The van der Waals surface area contributed by atoms with E-state index in [0.717, 1.165) is 42.4 Å². The monoisotopic (exact) mass is 501 g/mol. The minimum atomic E-state index is -0.0934. The second-order valence-corrected chi connectivity index (χ2v) is 9.94. The van der Waals surface area contributed by atoms with E-state index >= 15 is 0 Å². The largest absolute Gasteiger partial charge is 0.497 e. The Labute approximate surface area is 213 Å². The summed E-state index contributed by atoms with van der Waals surface area (Å²) in [5.74, 6) is 2.03. The molecule has 1 fully saturated rings.